The van der Waals surface area contributed by atoms with Crippen LogP contribution in [-0.2, 0) is 0 Å². The summed E-state index contributed by atoms with van der Waals surface area (Å²) in [5, 5.41) is 9.56. The fourth-order valence-corrected chi connectivity index (χ4v) is 3.61. The molecule has 0 aliphatic carbocycles. The molecule has 0 radical (unpaired) electrons. The summed E-state index contributed by atoms with van der Waals surface area (Å²) in [4.78, 5) is 20.9. The van der Waals surface area contributed by atoms with Crippen LogP contribution in [0.5, 0.6) is 5.75 Å². The number of aryl methyl sites for hydroxylation is 1. The molecule has 30 heavy (non-hydrogen) atoms. The lowest BCUT2D eigenvalue weighted by molar-refractivity contribution is 0.0745. The smallest absolute Gasteiger partial charge is 0.253 e. The zero-order valence-corrected chi connectivity index (χ0v) is 17.0. The van der Waals surface area contributed by atoms with Crippen molar-refractivity contribution in [3.05, 3.63) is 65.4 Å². The van der Waals surface area contributed by atoms with E-state index in [-0.39, 0.29) is 11.6 Å². The lowest BCUT2D eigenvalue weighted by Crippen LogP contribution is -2.48. The standard InChI is InChI=1S/C23H22N4O3/c1-16-6-5-7-17(14-16)22(28)26-10-12-27(13-11-26)23-19(15-24)25-21(30-23)18-8-3-4-9-20(18)29-2/h3-9,14H,10-13H2,1-2H3. The molecule has 7 nitrogen and oxygen atoms in total. The number of piperazine rings is 1. The fraction of sp³-hybridized carbons (Fsp3) is 0.261. The van der Waals surface area contributed by atoms with E-state index >= 15 is 0 Å². The highest BCUT2D eigenvalue weighted by Gasteiger charge is 2.27. The van der Waals surface area contributed by atoms with E-state index in [1.807, 2.05) is 65.3 Å². The average Bonchev–Trinajstić information content (AvgIpc) is 3.23. The quantitative estimate of drug-likeness (QED) is 0.664. The van der Waals surface area contributed by atoms with Gasteiger partial charge in [0.25, 0.3) is 5.91 Å². The van der Waals surface area contributed by atoms with Crippen LogP contribution < -0.4 is 9.64 Å². The summed E-state index contributed by atoms with van der Waals surface area (Å²) in [6.45, 7) is 4.19. The third kappa shape index (κ3) is 3.72. The number of benzene rings is 2. The molecule has 0 bridgehead atoms. The first-order valence-corrected chi connectivity index (χ1v) is 9.76. The summed E-state index contributed by atoms with van der Waals surface area (Å²) in [5.41, 5.74) is 2.67. The highest BCUT2D eigenvalue weighted by atomic mass is 16.5. The second kappa shape index (κ2) is 8.29. The van der Waals surface area contributed by atoms with Gasteiger partial charge in [0.1, 0.15) is 11.8 Å². The molecule has 0 spiro atoms. The van der Waals surface area contributed by atoms with Crippen molar-refractivity contribution >= 4 is 11.8 Å². The van der Waals surface area contributed by atoms with Crippen molar-refractivity contribution in [3.63, 3.8) is 0 Å². The minimum Gasteiger partial charge on any atom is -0.496 e. The van der Waals surface area contributed by atoms with Crippen molar-refractivity contribution in [1.82, 2.24) is 9.88 Å². The molecule has 7 heteroatoms. The van der Waals surface area contributed by atoms with E-state index in [1.54, 1.807) is 7.11 Å². The molecule has 0 saturated carbocycles. The molecule has 3 aromatic rings. The maximum Gasteiger partial charge on any atom is 0.253 e. The zero-order valence-electron chi connectivity index (χ0n) is 17.0. The van der Waals surface area contributed by atoms with Gasteiger partial charge >= 0.3 is 0 Å². The third-order valence-electron chi connectivity index (χ3n) is 5.17. The summed E-state index contributed by atoms with van der Waals surface area (Å²) < 4.78 is 11.4. The molecule has 1 aliphatic rings. The first-order valence-electron chi connectivity index (χ1n) is 9.76. The van der Waals surface area contributed by atoms with Gasteiger partial charge in [0.2, 0.25) is 17.5 Å². The molecule has 1 amide bonds. The van der Waals surface area contributed by atoms with Gasteiger partial charge in [-0.15, -0.1) is 0 Å². The number of anilines is 1. The van der Waals surface area contributed by atoms with Crippen molar-refractivity contribution in [2.45, 2.75) is 6.92 Å². The number of nitriles is 1. The number of carbonyl (C=O) groups is 1. The summed E-state index contributed by atoms with van der Waals surface area (Å²) in [7, 11) is 1.58. The van der Waals surface area contributed by atoms with Gasteiger partial charge in [-0.2, -0.15) is 10.2 Å². The van der Waals surface area contributed by atoms with E-state index < -0.39 is 0 Å². The second-order valence-corrected chi connectivity index (χ2v) is 7.13. The monoisotopic (exact) mass is 402 g/mol. The third-order valence-corrected chi connectivity index (χ3v) is 5.17. The molecule has 1 fully saturated rings. The van der Waals surface area contributed by atoms with Crippen LogP contribution in [0.25, 0.3) is 11.5 Å². The van der Waals surface area contributed by atoms with Gasteiger partial charge in [0.15, 0.2) is 0 Å². The predicted octanol–water partition coefficient (Wildman–Crippen LogP) is 3.49. The number of oxazole rings is 1. The molecule has 0 N–H and O–H groups in total. The largest absolute Gasteiger partial charge is 0.496 e. The van der Waals surface area contributed by atoms with Gasteiger partial charge < -0.3 is 19.0 Å². The number of aromatic nitrogens is 1. The molecule has 4 rings (SSSR count). The molecule has 2 aromatic carbocycles. The van der Waals surface area contributed by atoms with Crippen LogP contribution in [0, 0.1) is 18.3 Å². The number of ether oxygens (including phenoxy) is 1. The number of para-hydroxylation sites is 1. The van der Waals surface area contributed by atoms with Gasteiger partial charge in [0.05, 0.1) is 12.7 Å². The van der Waals surface area contributed by atoms with Crippen LogP contribution in [0.1, 0.15) is 21.6 Å². The SMILES string of the molecule is COc1ccccc1-c1nc(C#N)c(N2CCN(C(=O)c3cccc(C)c3)CC2)o1. The minimum absolute atomic E-state index is 0.0196. The van der Waals surface area contributed by atoms with Crippen LogP contribution in [0.2, 0.25) is 0 Å². The van der Waals surface area contributed by atoms with Gasteiger partial charge in [-0.25, -0.2) is 0 Å². The first-order chi connectivity index (χ1) is 14.6. The summed E-state index contributed by atoms with van der Waals surface area (Å²) in [6.07, 6.45) is 0. The topological polar surface area (TPSA) is 82.6 Å². The van der Waals surface area contributed by atoms with Gasteiger partial charge in [-0.3, -0.25) is 4.79 Å². The van der Waals surface area contributed by atoms with Gasteiger partial charge in [-0.1, -0.05) is 29.8 Å². The van der Waals surface area contributed by atoms with Crippen molar-refractivity contribution in [2.24, 2.45) is 0 Å². The van der Waals surface area contributed by atoms with E-state index in [1.165, 1.54) is 0 Å². The number of methoxy groups -OCH3 is 1. The van der Waals surface area contributed by atoms with Crippen LogP contribution in [0.15, 0.2) is 52.9 Å². The normalized spacial score (nSPS) is 13.8. The Morgan fingerprint density at radius 1 is 1.13 bits per heavy atom. The number of carbonyl (C=O) groups excluding carboxylic acids is 1. The van der Waals surface area contributed by atoms with Crippen molar-refractivity contribution in [3.8, 4) is 23.3 Å². The minimum atomic E-state index is 0.0196. The van der Waals surface area contributed by atoms with E-state index in [0.29, 0.717) is 54.8 Å². The predicted molar refractivity (Wildman–Crippen MR) is 113 cm³/mol. The van der Waals surface area contributed by atoms with Crippen molar-refractivity contribution in [2.75, 3.05) is 38.2 Å². The number of amides is 1. The van der Waals surface area contributed by atoms with E-state index in [4.69, 9.17) is 9.15 Å². The van der Waals surface area contributed by atoms with Gasteiger partial charge in [0, 0.05) is 31.7 Å². The summed E-state index contributed by atoms with van der Waals surface area (Å²) in [5.74, 6) is 1.42. The average molecular weight is 402 g/mol. The Morgan fingerprint density at radius 2 is 1.90 bits per heavy atom. The molecular formula is C23H22N4O3. The van der Waals surface area contributed by atoms with Crippen LogP contribution in [0.3, 0.4) is 0 Å². The molecule has 0 unspecified atom stereocenters. The van der Waals surface area contributed by atoms with Gasteiger partial charge in [-0.05, 0) is 31.2 Å². The fourth-order valence-electron chi connectivity index (χ4n) is 3.61. The first kappa shape index (κ1) is 19.5. The molecule has 2 heterocycles. The molecule has 0 atom stereocenters. The summed E-state index contributed by atoms with van der Waals surface area (Å²) >= 11 is 0. The Morgan fingerprint density at radius 3 is 2.60 bits per heavy atom. The molecular weight excluding hydrogens is 380 g/mol. The van der Waals surface area contributed by atoms with Crippen LogP contribution in [-0.4, -0.2) is 49.1 Å². The Labute approximate surface area is 175 Å². The van der Waals surface area contributed by atoms with Crippen molar-refractivity contribution in [1.29, 1.82) is 5.26 Å². The number of hydrogen-bond donors (Lipinski definition) is 0. The lowest BCUT2D eigenvalue weighted by Gasteiger charge is -2.34. The summed E-state index contributed by atoms with van der Waals surface area (Å²) in [6, 6.07) is 17.1. The molecule has 152 valence electrons. The Bertz CT molecular complexity index is 1110. The molecule has 1 aromatic heterocycles. The second-order valence-electron chi connectivity index (χ2n) is 7.13. The Balaban J connectivity index is 1.52. The van der Waals surface area contributed by atoms with E-state index in [0.717, 1.165) is 5.56 Å². The number of hydrogen-bond acceptors (Lipinski definition) is 6. The molecule has 1 aliphatic heterocycles. The zero-order chi connectivity index (χ0) is 21.1. The van der Waals surface area contributed by atoms with E-state index in [2.05, 4.69) is 11.1 Å². The Hall–Kier alpha value is -3.79. The van der Waals surface area contributed by atoms with Crippen LogP contribution >= 0.6 is 0 Å². The number of rotatable bonds is 4. The van der Waals surface area contributed by atoms with E-state index in [9.17, 15) is 10.1 Å². The van der Waals surface area contributed by atoms with Crippen molar-refractivity contribution < 1.29 is 13.9 Å². The Kier molecular flexibility index (Phi) is 5.40. The highest BCUT2D eigenvalue weighted by molar-refractivity contribution is 5.94. The number of nitrogens with zero attached hydrogens (tertiary/aromatic N) is 4. The van der Waals surface area contributed by atoms with Crippen LogP contribution in [0.4, 0.5) is 5.88 Å². The highest BCUT2D eigenvalue weighted by Crippen LogP contribution is 2.33. The maximum atomic E-state index is 12.8. The maximum absolute atomic E-state index is 12.8. The lowest BCUT2D eigenvalue weighted by atomic mass is 10.1. The molecule has 1 saturated heterocycles.